The van der Waals surface area contributed by atoms with Crippen molar-refractivity contribution in [1.29, 1.82) is 0 Å². The van der Waals surface area contributed by atoms with Gasteiger partial charge in [-0.1, -0.05) is 18.2 Å². The minimum absolute atomic E-state index is 0.333. The molecule has 0 unspecified atom stereocenters. The van der Waals surface area contributed by atoms with Crippen molar-refractivity contribution in [3.63, 3.8) is 0 Å². The average Bonchev–Trinajstić information content (AvgIpc) is 3.23. The van der Waals surface area contributed by atoms with Gasteiger partial charge in [-0.2, -0.15) is 0 Å². The van der Waals surface area contributed by atoms with Gasteiger partial charge in [0.05, 0.1) is 0 Å². The molecule has 1 N–H and O–H groups in total. The molecule has 5 nitrogen and oxygen atoms in total. The number of hydrogen-bond donors (Lipinski definition) is 1. The normalized spacial score (nSPS) is 11.0. The Hall–Kier alpha value is -3.12. The smallest absolute Gasteiger partial charge is 0.348 e. The minimum atomic E-state index is -0.491. The fourth-order valence-electron chi connectivity index (χ4n) is 2.75. The number of carbonyl (C=O) groups excluding carboxylic acids is 2. The zero-order valence-corrected chi connectivity index (χ0v) is 14.8. The molecule has 4 aromatic rings. The van der Waals surface area contributed by atoms with E-state index in [0.29, 0.717) is 10.6 Å². The fraction of sp³-hybridized carbons (Fsp3) is 0.100. The number of benzene rings is 2. The Morgan fingerprint density at radius 2 is 1.85 bits per heavy atom. The van der Waals surface area contributed by atoms with Crippen LogP contribution in [0.2, 0.25) is 0 Å². The second kappa shape index (κ2) is 6.65. The summed E-state index contributed by atoms with van der Waals surface area (Å²) in [5.74, 6) is -0.881. The van der Waals surface area contributed by atoms with Gasteiger partial charge in [0.15, 0.2) is 6.61 Å². The maximum Gasteiger partial charge on any atom is 0.348 e. The standard InChI is InChI=1S/C20H15NO4S/c1-12-6-9-18(26-12)20(23)24-11-19(22)21-13-7-8-17-15(10-13)14-4-2-3-5-16(14)25-17/h2-10H,11H2,1H3,(H,21,22). The Morgan fingerprint density at radius 1 is 1.04 bits per heavy atom. The summed E-state index contributed by atoms with van der Waals surface area (Å²) < 4.78 is 10.8. The highest BCUT2D eigenvalue weighted by Crippen LogP contribution is 2.30. The number of fused-ring (bicyclic) bond motifs is 3. The van der Waals surface area contributed by atoms with Gasteiger partial charge >= 0.3 is 5.97 Å². The van der Waals surface area contributed by atoms with Crippen LogP contribution in [0.15, 0.2) is 59.0 Å². The van der Waals surface area contributed by atoms with Crippen LogP contribution in [0.3, 0.4) is 0 Å². The second-order valence-electron chi connectivity index (χ2n) is 5.84. The number of nitrogens with one attached hydrogen (secondary N) is 1. The van der Waals surface area contributed by atoms with E-state index in [4.69, 9.17) is 9.15 Å². The molecule has 1 amide bonds. The van der Waals surface area contributed by atoms with Gasteiger partial charge < -0.3 is 14.5 Å². The van der Waals surface area contributed by atoms with Gasteiger partial charge in [-0.25, -0.2) is 4.79 Å². The largest absolute Gasteiger partial charge is 0.456 e. The highest BCUT2D eigenvalue weighted by Gasteiger charge is 2.13. The Labute approximate surface area is 153 Å². The van der Waals surface area contributed by atoms with E-state index in [1.165, 1.54) is 11.3 Å². The van der Waals surface area contributed by atoms with Gasteiger partial charge in [-0.15, -0.1) is 11.3 Å². The van der Waals surface area contributed by atoms with Crippen molar-refractivity contribution in [2.75, 3.05) is 11.9 Å². The number of para-hydroxylation sites is 1. The SMILES string of the molecule is Cc1ccc(C(=O)OCC(=O)Nc2ccc3oc4ccccc4c3c2)s1. The summed E-state index contributed by atoms with van der Waals surface area (Å²) in [6, 6.07) is 16.7. The number of hydrogen-bond acceptors (Lipinski definition) is 5. The third kappa shape index (κ3) is 3.19. The lowest BCUT2D eigenvalue weighted by atomic mass is 10.1. The van der Waals surface area contributed by atoms with Crippen molar-refractivity contribution in [2.24, 2.45) is 0 Å². The van der Waals surface area contributed by atoms with Crippen LogP contribution in [0, 0.1) is 6.92 Å². The summed E-state index contributed by atoms with van der Waals surface area (Å²) in [6.07, 6.45) is 0. The van der Waals surface area contributed by atoms with E-state index in [1.807, 2.05) is 49.4 Å². The third-order valence-corrected chi connectivity index (χ3v) is 4.92. The number of anilines is 1. The van der Waals surface area contributed by atoms with E-state index in [2.05, 4.69) is 5.32 Å². The molecule has 0 aliphatic heterocycles. The van der Waals surface area contributed by atoms with Crippen molar-refractivity contribution in [3.8, 4) is 0 Å². The molecule has 0 fully saturated rings. The first-order valence-electron chi connectivity index (χ1n) is 8.05. The van der Waals surface area contributed by atoms with E-state index in [-0.39, 0.29) is 6.61 Å². The molecule has 0 spiro atoms. The number of rotatable bonds is 4. The molecule has 6 heteroatoms. The molecule has 2 aromatic heterocycles. The molecule has 0 aliphatic rings. The van der Waals surface area contributed by atoms with Crippen LogP contribution >= 0.6 is 11.3 Å². The van der Waals surface area contributed by atoms with E-state index in [0.717, 1.165) is 26.8 Å². The maximum absolute atomic E-state index is 12.1. The van der Waals surface area contributed by atoms with Gasteiger partial charge in [-0.05, 0) is 43.3 Å². The number of esters is 1. The lowest BCUT2D eigenvalue weighted by Gasteiger charge is -2.06. The molecular weight excluding hydrogens is 350 g/mol. The maximum atomic E-state index is 12.1. The van der Waals surface area contributed by atoms with Crippen LogP contribution in [-0.2, 0) is 9.53 Å². The molecule has 130 valence electrons. The minimum Gasteiger partial charge on any atom is -0.456 e. The van der Waals surface area contributed by atoms with E-state index < -0.39 is 11.9 Å². The van der Waals surface area contributed by atoms with Crippen molar-refractivity contribution >= 4 is 50.8 Å². The number of ether oxygens (including phenoxy) is 1. The van der Waals surface area contributed by atoms with Crippen molar-refractivity contribution < 1.29 is 18.7 Å². The van der Waals surface area contributed by atoms with Gasteiger partial charge in [0.25, 0.3) is 5.91 Å². The van der Waals surface area contributed by atoms with E-state index in [9.17, 15) is 9.59 Å². The topological polar surface area (TPSA) is 68.5 Å². The van der Waals surface area contributed by atoms with Crippen LogP contribution in [-0.4, -0.2) is 18.5 Å². The first kappa shape index (κ1) is 16.4. The van der Waals surface area contributed by atoms with Crippen molar-refractivity contribution in [2.45, 2.75) is 6.92 Å². The van der Waals surface area contributed by atoms with Gasteiger partial charge in [-0.3, -0.25) is 4.79 Å². The first-order valence-corrected chi connectivity index (χ1v) is 8.86. The summed E-state index contributed by atoms with van der Waals surface area (Å²) >= 11 is 1.34. The van der Waals surface area contributed by atoms with Gasteiger partial charge in [0, 0.05) is 21.3 Å². The molecule has 0 radical (unpaired) electrons. The second-order valence-corrected chi connectivity index (χ2v) is 7.13. The van der Waals surface area contributed by atoms with E-state index in [1.54, 1.807) is 12.1 Å². The summed E-state index contributed by atoms with van der Waals surface area (Å²) in [5, 5.41) is 4.65. The predicted molar refractivity (Wildman–Crippen MR) is 102 cm³/mol. The van der Waals surface area contributed by atoms with Gasteiger partial charge in [0.1, 0.15) is 16.0 Å². The molecule has 0 saturated carbocycles. The Bertz CT molecular complexity index is 1130. The zero-order valence-electron chi connectivity index (χ0n) is 13.9. The monoisotopic (exact) mass is 365 g/mol. The summed E-state index contributed by atoms with van der Waals surface area (Å²) in [7, 11) is 0. The Morgan fingerprint density at radius 3 is 2.65 bits per heavy atom. The molecule has 2 heterocycles. The average molecular weight is 365 g/mol. The van der Waals surface area contributed by atoms with Crippen LogP contribution in [0.25, 0.3) is 21.9 Å². The zero-order chi connectivity index (χ0) is 18.1. The highest BCUT2D eigenvalue weighted by atomic mass is 32.1. The quantitative estimate of drug-likeness (QED) is 0.530. The predicted octanol–water partition coefficient (Wildman–Crippen LogP) is 4.75. The first-order chi connectivity index (χ1) is 12.6. The van der Waals surface area contributed by atoms with Crippen LogP contribution in [0.5, 0.6) is 0 Å². The molecule has 0 atom stereocenters. The lowest BCUT2D eigenvalue weighted by molar-refractivity contribution is -0.119. The van der Waals surface area contributed by atoms with Crippen molar-refractivity contribution in [3.05, 3.63) is 64.4 Å². The Kier molecular flexibility index (Phi) is 4.18. The van der Waals surface area contributed by atoms with Gasteiger partial charge in [0.2, 0.25) is 0 Å². The van der Waals surface area contributed by atoms with E-state index >= 15 is 0 Å². The lowest BCUT2D eigenvalue weighted by Crippen LogP contribution is -2.20. The molecule has 4 rings (SSSR count). The molecular formula is C20H15NO4S. The summed E-state index contributed by atoms with van der Waals surface area (Å²) in [4.78, 5) is 25.5. The fourth-order valence-corrected chi connectivity index (χ4v) is 3.51. The number of carbonyl (C=O) groups is 2. The molecule has 0 saturated heterocycles. The summed E-state index contributed by atoms with van der Waals surface area (Å²) in [5.41, 5.74) is 2.17. The number of furan rings is 1. The number of aryl methyl sites for hydroxylation is 1. The molecule has 0 aliphatic carbocycles. The molecule has 2 aromatic carbocycles. The summed E-state index contributed by atoms with van der Waals surface area (Å²) in [6.45, 7) is 1.57. The number of thiophene rings is 1. The third-order valence-electron chi connectivity index (χ3n) is 3.94. The van der Waals surface area contributed by atoms with Crippen LogP contribution in [0.4, 0.5) is 5.69 Å². The highest BCUT2D eigenvalue weighted by molar-refractivity contribution is 7.13. The van der Waals surface area contributed by atoms with Crippen LogP contribution in [0.1, 0.15) is 14.5 Å². The van der Waals surface area contributed by atoms with Crippen LogP contribution < -0.4 is 5.32 Å². The number of amides is 1. The molecule has 0 bridgehead atoms. The molecule has 26 heavy (non-hydrogen) atoms. The van der Waals surface area contributed by atoms with Crippen molar-refractivity contribution in [1.82, 2.24) is 0 Å². The Balaban J connectivity index is 1.45.